The molecule has 1 aromatic rings. The number of anilines is 2. The molecule has 124 valence electrons. The first kappa shape index (κ1) is 18.4. The van der Waals surface area contributed by atoms with Gasteiger partial charge in [0, 0.05) is 12.2 Å². The average molecular weight is 331 g/mol. The standard InChI is InChI=1S/C14H22FN3O3S/c1-4-14(5-2,9-16)13(19)17-10-6-7-11(15)12(8-10)18-22(3,20)21/h6-8,18H,4-5,9,16H2,1-3H3,(H,17,19). The zero-order valence-corrected chi connectivity index (χ0v) is 13.8. The predicted molar refractivity (Wildman–Crippen MR) is 85.6 cm³/mol. The van der Waals surface area contributed by atoms with Crippen molar-refractivity contribution in [2.75, 3.05) is 22.8 Å². The lowest BCUT2D eigenvalue weighted by atomic mass is 9.81. The van der Waals surface area contributed by atoms with Crippen molar-refractivity contribution in [1.82, 2.24) is 0 Å². The summed E-state index contributed by atoms with van der Waals surface area (Å²) < 4.78 is 38.1. The van der Waals surface area contributed by atoms with Gasteiger partial charge < -0.3 is 11.1 Å². The number of sulfonamides is 1. The lowest BCUT2D eigenvalue weighted by Gasteiger charge is -2.28. The lowest BCUT2D eigenvalue weighted by Crippen LogP contribution is -2.41. The van der Waals surface area contributed by atoms with Gasteiger partial charge in [-0.25, -0.2) is 12.8 Å². The van der Waals surface area contributed by atoms with Crippen LogP contribution in [0.3, 0.4) is 0 Å². The largest absolute Gasteiger partial charge is 0.329 e. The molecule has 4 N–H and O–H groups in total. The summed E-state index contributed by atoms with van der Waals surface area (Å²) in [4.78, 5) is 12.4. The van der Waals surface area contributed by atoms with Gasteiger partial charge in [0.2, 0.25) is 15.9 Å². The topological polar surface area (TPSA) is 101 Å². The number of amides is 1. The van der Waals surface area contributed by atoms with Crippen LogP contribution in [0.4, 0.5) is 15.8 Å². The van der Waals surface area contributed by atoms with Crippen LogP contribution in [0.1, 0.15) is 26.7 Å². The minimum atomic E-state index is -3.61. The molecule has 0 radical (unpaired) electrons. The summed E-state index contributed by atoms with van der Waals surface area (Å²) in [6.45, 7) is 3.94. The Balaban J connectivity index is 3.04. The Bertz CT molecular complexity index is 634. The molecule has 0 fully saturated rings. The van der Waals surface area contributed by atoms with Gasteiger partial charge in [-0.05, 0) is 31.0 Å². The van der Waals surface area contributed by atoms with Gasteiger partial charge in [-0.2, -0.15) is 0 Å². The maximum Gasteiger partial charge on any atom is 0.231 e. The molecule has 0 aliphatic carbocycles. The molecule has 1 amide bonds. The second kappa shape index (κ2) is 7.06. The maximum absolute atomic E-state index is 13.6. The van der Waals surface area contributed by atoms with E-state index in [4.69, 9.17) is 5.73 Å². The molecule has 0 aromatic heterocycles. The summed E-state index contributed by atoms with van der Waals surface area (Å²) in [5.74, 6) is -0.989. The summed E-state index contributed by atoms with van der Waals surface area (Å²) in [5, 5.41) is 2.67. The quantitative estimate of drug-likeness (QED) is 0.710. The van der Waals surface area contributed by atoms with Crippen LogP contribution in [-0.2, 0) is 14.8 Å². The van der Waals surface area contributed by atoms with Crippen LogP contribution >= 0.6 is 0 Å². The summed E-state index contributed by atoms with van der Waals surface area (Å²) >= 11 is 0. The van der Waals surface area contributed by atoms with E-state index in [0.717, 1.165) is 12.3 Å². The average Bonchev–Trinajstić information content (AvgIpc) is 2.43. The molecule has 0 aliphatic heterocycles. The second-order valence-corrected chi connectivity index (χ2v) is 6.96. The Hall–Kier alpha value is -1.67. The third-order valence-corrected chi connectivity index (χ3v) is 4.34. The van der Waals surface area contributed by atoms with E-state index < -0.39 is 21.3 Å². The first-order valence-electron chi connectivity index (χ1n) is 6.96. The van der Waals surface area contributed by atoms with Crippen molar-refractivity contribution in [3.63, 3.8) is 0 Å². The highest BCUT2D eigenvalue weighted by Gasteiger charge is 2.33. The molecule has 0 bridgehead atoms. The number of rotatable bonds is 7. The first-order chi connectivity index (χ1) is 10.2. The van der Waals surface area contributed by atoms with Gasteiger partial charge in [0.05, 0.1) is 17.4 Å². The summed E-state index contributed by atoms with van der Waals surface area (Å²) in [7, 11) is -3.61. The van der Waals surface area contributed by atoms with Gasteiger partial charge in [0.15, 0.2) is 0 Å². The van der Waals surface area contributed by atoms with Crippen molar-refractivity contribution in [1.29, 1.82) is 0 Å². The number of carbonyl (C=O) groups excluding carboxylic acids is 1. The van der Waals surface area contributed by atoms with Crippen molar-refractivity contribution in [3.8, 4) is 0 Å². The Morgan fingerprint density at radius 1 is 1.32 bits per heavy atom. The fraction of sp³-hybridized carbons (Fsp3) is 0.500. The van der Waals surface area contributed by atoms with E-state index in [0.29, 0.717) is 18.5 Å². The smallest absolute Gasteiger partial charge is 0.231 e. The van der Waals surface area contributed by atoms with Crippen LogP contribution in [0.25, 0.3) is 0 Å². The van der Waals surface area contributed by atoms with Crippen LogP contribution in [0.2, 0.25) is 0 Å². The number of nitrogens with two attached hydrogens (primary N) is 1. The highest BCUT2D eigenvalue weighted by molar-refractivity contribution is 7.92. The molecular formula is C14H22FN3O3S. The van der Waals surface area contributed by atoms with Crippen molar-refractivity contribution in [2.24, 2.45) is 11.1 Å². The Labute approximate surface area is 130 Å². The molecule has 0 saturated carbocycles. The molecule has 1 rings (SSSR count). The molecule has 8 heteroatoms. The van der Waals surface area contributed by atoms with E-state index in [2.05, 4.69) is 10.0 Å². The predicted octanol–water partition coefficient (Wildman–Crippen LogP) is 1.90. The maximum atomic E-state index is 13.6. The molecule has 0 spiro atoms. The lowest BCUT2D eigenvalue weighted by molar-refractivity contribution is -0.125. The Morgan fingerprint density at radius 2 is 1.91 bits per heavy atom. The van der Waals surface area contributed by atoms with Crippen molar-refractivity contribution in [2.45, 2.75) is 26.7 Å². The summed E-state index contributed by atoms with van der Waals surface area (Å²) in [5.41, 5.74) is 5.10. The molecular weight excluding hydrogens is 309 g/mol. The van der Waals surface area contributed by atoms with E-state index in [-0.39, 0.29) is 18.1 Å². The highest BCUT2D eigenvalue weighted by Crippen LogP contribution is 2.28. The van der Waals surface area contributed by atoms with E-state index in [1.165, 1.54) is 12.1 Å². The molecule has 0 atom stereocenters. The van der Waals surface area contributed by atoms with Gasteiger partial charge in [0.1, 0.15) is 5.82 Å². The fourth-order valence-corrected chi connectivity index (χ4v) is 2.65. The Kier molecular flexibility index (Phi) is 5.90. The summed E-state index contributed by atoms with van der Waals surface area (Å²) in [6, 6.07) is 3.69. The number of benzene rings is 1. The molecule has 22 heavy (non-hydrogen) atoms. The normalized spacial score (nSPS) is 12.0. The van der Waals surface area contributed by atoms with E-state index in [1.807, 2.05) is 13.8 Å². The molecule has 0 unspecified atom stereocenters. The minimum absolute atomic E-state index is 0.196. The monoisotopic (exact) mass is 331 g/mol. The van der Waals surface area contributed by atoms with E-state index >= 15 is 0 Å². The molecule has 0 heterocycles. The zero-order chi connectivity index (χ0) is 17.0. The first-order valence-corrected chi connectivity index (χ1v) is 8.85. The van der Waals surface area contributed by atoms with Crippen molar-refractivity contribution >= 4 is 27.3 Å². The van der Waals surface area contributed by atoms with Crippen molar-refractivity contribution in [3.05, 3.63) is 24.0 Å². The van der Waals surface area contributed by atoms with Gasteiger partial charge in [-0.15, -0.1) is 0 Å². The zero-order valence-electron chi connectivity index (χ0n) is 12.9. The molecule has 0 saturated heterocycles. The van der Waals surface area contributed by atoms with E-state index in [1.54, 1.807) is 0 Å². The van der Waals surface area contributed by atoms with Gasteiger partial charge in [-0.1, -0.05) is 13.8 Å². The number of halogens is 1. The molecule has 1 aromatic carbocycles. The van der Waals surface area contributed by atoms with Gasteiger partial charge in [0.25, 0.3) is 0 Å². The van der Waals surface area contributed by atoms with Crippen molar-refractivity contribution < 1.29 is 17.6 Å². The van der Waals surface area contributed by atoms with Crippen LogP contribution in [0.15, 0.2) is 18.2 Å². The number of nitrogens with one attached hydrogen (secondary N) is 2. The minimum Gasteiger partial charge on any atom is -0.329 e. The fourth-order valence-electron chi connectivity index (χ4n) is 2.10. The number of carbonyl (C=O) groups is 1. The van der Waals surface area contributed by atoms with E-state index in [9.17, 15) is 17.6 Å². The molecule has 0 aliphatic rings. The number of hydrogen-bond donors (Lipinski definition) is 3. The highest BCUT2D eigenvalue weighted by atomic mass is 32.2. The SMILES string of the molecule is CCC(CC)(CN)C(=O)Nc1ccc(F)c(NS(C)(=O)=O)c1. The molecule has 6 nitrogen and oxygen atoms in total. The number of hydrogen-bond acceptors (Lipinski definition) is 4. The Morgan fingerprint density at radius 3 is 2.36 bits per heavy atom. The van der Waals surface area contributed by atoms with Crippen LogP contribution in [0.5, 0.6) is 0 Å². The van der Waals surface area contributed by atoms with Crippen LogP contribution in [-0.4, -0.2) is 27.1 Å². The van der Waals surface area contributed by atoms with Crippen LogP contribution < -0.4 is 15.8 Å². The third kappa shape index (κ3) is 4.41. The van der Waals surface area contributed by atoms with Crippen LogP contribution in [0, 0.1) is 11.2 Å². The second-order valence-electron chi connectivity index (χ2n) is 5.21. The summed E-state index contributed by atoms with van der Waals surface area (Å²) in [6.07, 6.45) is 2.06. The van der Waals surface area contributed by atoms with Gasteiger partial charge >= 0.3 is 0 Å². The van der Waals surface area contributed by atoms with Gasteiger partial charge in [-0.3, -0.25) is 9.52 Å². The third-order valence-electron chi connectivity index (χ3n) is 3.75.